The topological polar surface area (TPSA) is 98.1 Å². The van der Waals surface area contributed by atoms with Crippen molar-refractivity contribution in [1.82, 2.24) is 25.6 Å². The average Bonchev–Trinajstić information content (AvgIpc) is 3.15. The maximum absolute atomic E-state index is 13.1. The average molecular weight is 405 g/mol. The van der Waals surface area contributed by atoms with Gasteiger partial charge in [0, 0.05) is 6.54 Å². The van der Waals surface area contributed by atoms with E-state index >= 15 is 0 Å². The molecule has 158 valence electrons. The van der Waals surface area contributed by atoms with E-state index in [1.165, 1.54) is 23.0 Å². The Labute approximate surface area is 169 Å². The summed E-state index contributed by atoms with van der Waals surface area (Å²) < 4.78 is 19.7. The van der Waals surface area contributed by atoms with Gasteiger partial charge in [0.15, 0.2) is 5.69 Å². The summed E-state index contributed by atoms with van der Waals surface area (Å²) in [4.78, 5) is 24.7. The van der Waals surface area contributed by atoms with Gasteiger partial charge in [0.25, 0.3) is 5.91 Å². The van der Waals surface area contributed by atoms with E-state index in [1.54, 1.807) is 32.9 Å². The number of amides is 2. The highest BCUT2D eigenvalue weighted by Gasteiger charge is 2.31. The van der Waals surface area contributed by atoms with Crippen LogP contribution < -0.4 is 10.6 Å². The van der Waals surface area contributed by atoms with E-state index in [9.17, 15) is 14.0 Å². The molecule has 0 unspecified atom stereocenters. The Morgan fingerprint density at radius 1 is 1.14 bits per heavy atom. The van der Waals surface area contributed by atoms with E-state index in [-0.39, 0.29) is 18.1 Å². The molecule has 1 aromatic carbocycles. The number of carbonyl (C=O) groups is 2. The van der Waals surface area contributed by atoms with Crippen molar-refractivity contribution in [2.24, 2.45) is 0 Å². The molecular weight excluding hydrogens is 377 g/mol. The number of rotatable bonds is 7. The smallest absolute Gasteiger partial charge is 0.407 e. The standard InChI is InChI=1S/C20H28FN5O3/c1-6-20(7-2,13-22-18(28)29-19(3,4)5)23-17(27)16-12-26(25-24-16)15-10-8-14(21)9-11-15/h8-12H,6-7,13H2,1-5H3,(H,22,28)(H,23,27). The van der Waals surface area contributed by atoms with Crippen LogP contribution in [0, 0.1) is 5.82 Å². The Hall–Kier alpha value is -2.97. The first-order chi connectivity index (χ1) is 13.6. The molecule has 2 amide bonds. The van der Waals surface area contributed by atoms with Gasteiger partial charge in [-0.2, -0.15) is 0 Å². The minimum atomic E-state index is -0.659. The number of alkyl carbamates (subject to hydrolysis) is 1. The van der Waals surface area contributed by atoms with Crippen LogP contribution in [0.2, 0.25) is 0 Å². The molecular formula is C20H28FN5O3. The highest BCUT2D eigenvalue weighted by atomic mass is 19.1. The predicted molar refractivity (Wildman–Crippen MR) is 106 cm³/mol. The lowest BCUT2D eigenvalue weighted by Crippen LogP contribution is -2.55. The van der Waals surface area contributed by atoms with Crippen LogP contribution in [-0.4, -0.2) is 44.7 Å². The summed E-state index contributed by atoms with van der Waals surface area (Å²) in [5, 5.41) is 13.5. The second-order valence-corrected chi connectivity index (χ2v) is 7.82. The third-order valence-electron chi connectivity index (χ3n) is 4.52. The minimum absolute atomic E-state index is 0.123. The Morgan fingerprint density at radius 3 is 2.31 bits per heavy atom. The van der Waals surface area contributed by atoms with Gasteiger partial charge in [0.1, 0.15) is 11.4 Å². The van der Waals surface area contributed by atoms with Crippen molar-refractivity contribution in [3.8, 4) is 5.69 Å². The first kappa shape index (κ1) is 22.3. The van der Waals surface area contributed by atoms with Crippen molar-refractivity contribution in [2.45, 2.75) is 58.6 Å². The van der Waals surface area contributed by atoms with Crippen molar-refractivity contribution in [3.63, 3.8) is 0 Å². The van der Waals surface area contributed by atoms with Crippen LogP contribution in [0.4, 0.5) is 9.18 Å². The molecule has 0 fully saturated rings. The summed E-state index contributed by atoms with van der Waals surface area (Å²) in [5.74, 6) is -0.770. The van der Waals surface area contributed by atoms with E-state index in [0.29, 0.717) is 18.5 Å². The zero-order chi connectivity index (χ0) is 21.7. The molecule has 0 spiro atoms. The number of carbonyl (C=O) groups excluding carboxylic acids is 2. The van der Waals surface area contributed by atoms with Gasteiger partial charge < -0.3 is 15.4 Å². The third kappa shape index (κ3) is 6.27. The van der Waals surface area contributed by atoms with Crippen molar-refractivity contribution >= 4 is 12.0 Å². The molecule has 29 heavy (non-hydrogen) atoms. The molecule has 0 aliphatic carbocycles. The van der Waals surface area contributed by atoms with Crippen molar-refractivity contribution < 1.29 is 18.7 Å². The molecule has 0 bridgehead atoms. The van der Waals surface area contributed by atoms with Gasteiger partial charge in [-0.25, -0.2) is 13.9 Å². The first-order valence-corrected chi connectivity index (χ1v) is 9.55. The number of ether oxygens (including phenoxy) is 1. The number of benzene rings is 1. The predicted octanol–water partition coefficient (Wildman–Crippen LogP) is 3.22. The number of aromatic nitrogens is 3. The Bertz CT molecular complexity index is 839. The van der Waals surface area contributed by atoms with Gasteiger partial charge in [0.05, 0.1) is 17.4 Å². The Balaban J connectivity index is 2.07. The maximum Gasteiger partial charge on any atom is 0.407 e. The van der Waals surface area contributed by atoms with Crippen LogP contribution in [0.1, 0.15) is 57.9 Å². The molecule has 0 saturated heterocycles. The summed E-state index contributed by atoms with van der Waals surface area (Å²) in [6.45, 7) is 9.42. The molecule has 9 heteroatoms. The molecule has 0 aliphatic rings. The molecule has 0 saturated carbocycles. The fraction of sp³-hybridized carbons (Fsp3) is 0.500. The molecule has 0 atom stereocenters. The van der Waals surface area contributed by atoms with Crippen LogP contribution in [-0.2, 0) is 4.74 Å². The largest absolute Gasteiger partial charge is 0.444 e. The monoisotopic (exact) mass is 405 g/mol. The molecule has 0 radical (unpaired) electrons. The van der Waals surface area contributed by atoms with E-state index in [2.05, 4.69) is 20.9 Å². The Kier molecular flexibility index (Phi) is 6.94. The SMILES string of the molecule is CCC(CC)(CNC(=O)OC(C)(C)C)NC(=O)c1cn(-c2ccc(F)cc2)nn1. The molecule has 2 N–H and O–H groups in total. The first-order valence-electron chi connectivity index (χ1n) is 9.55. The van der Waals surface area contributed by atoms with Gasteiger partial charge in [-0.3, -0.25) is 4.79 Å². The zero-order valence-corrected chi connectivity index (χ0v) is 17.5. The van der Waals surface area contributed by atoms with Crippen molar-refractivity contribution in [1.29, 1.82) is 0 Å². The summed E-state index contributed by atoms with van der Waals surface area (Å²) in [6, 6.07) is 5.69. The number of hydrogen-bond donors (Lipinski definition) is 2. The molecule has 1 heterocycles. The molecule has 2 rings (SSSR count). The van der Waals surface area contributed by atoms with Crippen LogP contribution in [0.25, 0.3) is 5.69 Å². The lowest BCUT2D eigenvalue weighted by molar-refractivity contribution is 0.0501. The summed E-state index contributed by atoms with van der Waals surface area (Å²) >= 11 is 0. The lowest BCUT2D eigenvalue weighted by Gasteiger charge is -2.33. The van der Waals surface area contributed by atoms with E-state index < -0.39 is 23.1 Å². The molecule has 8 nitrogen and oxygen atoms in total. The normalized spacial score (nSPS) is 11.8. The van der Waals surface area contributed by atoms with Crippen LogP contribution in [0.15, 0.2) is 30.5 Å². The van der Waals surface area contributed by atoms with Crippen LogP contribution in [0.3, 0.4) is 0 Å². The van der Waals surface area contributed by atoms with E-state index in [4.69, 9.17) is 4.74 Å². The van der Waals surface area contributed by atoms with Gasteiger partial charge in [-0.1, -0.05) is 19.1 Å². The number of halogens is 1. The van der Waals surface area contributed by atoms with Gasteiger partial charge in [-0.15, -0.1) is 5.10 Å². The van der Waals surface area contributed by atoms with Crippen LogP contribution >= 0.6 is 0 Å². The summed E-state index contributed by atoms with van der Waals surface area (Å²) in [7, 11) is 0. The summed E-state index contributed by atoms with van der Waals surface area (Å²) in [6.07, 6.45) is 2.12. The van der Waals surface area contributed by atoms with E-state index in [0.717, 1.165) is 0 Å². The molecule has 1 aromatic heterocycles. The fourth-order valence-corrected chi connectivity index (χ4v) is 2.67. The minimum Gasteiger partial charge on any atom is -0.444 e. The maximum atomic E-state index is 13.1. The summed E-state index contributed by atoms with van der Waals surface area (Å²) in [5.41, 5.74) is -0.555. The zero-order valence-electron chi connectivity index (χ0n) is 17.5. The van der Waals surface area contributed by atoms with Crippen molar-refractivity contribution in [2.75, 3.05) is 6.54 Å². The molecule has 0 aliphatic heterocycles. The van der Waals surface area contributed by atoms with Crippen LogP contribution in [0.5, 0.6) is 0 Å². The second kappa shape index (κ2) is 9.02. The van der Waals surface area contributed by atoms with Gasteiger partial charge in [0.2, 0.25) is 0 Å². The number of nitrogens with zero attached hydrogens (tertiary/aromatic N) is 3. The molecule has 2 aromatic rings. The van der Waals surface area contributed by atoms with Gasteiger partial charge in [-0.05, 0) is 57.9 Å². The Morgan fingerprint density at radius 2 is 1.76 bits per heavy atom. The second-order valence-electron chi connectivity index (χ2n) is 7.82. The number of hydrogen-bond acceptors (Lipinski definition) is 5. The highest BCUT2D eigenvalue weighted by Crippen LogP contribution is 2.16. The highest BCUT2D eigenvalue weighted by molar-refractivity contribution is 5.92. The van der Waals surface area contributed by atoms with Crippen molar-refractivity contribution in [3.05, 3.63) is 42.0 Å². The third-order valence-corrected chi connectivity index (χ3v) is 4.52. The fourth-order valence-electron chi connectivity index (χ4n) is 2.67. The van der Waals surface area contributed by atoms with Gasteiger partial charge >= 0.3 is 6.09 Å². The number of nitrogens with one attached hydrogen (secondary N) is 2. The quantitative estimate of drug-likeness (QED) is 0.737. The van der Waals surface area contributed by atoms with E-state index in [1.807, 2.05) is 13.8 Å². The lowest BCUT2D eigenvalue weighted by atomic mass is 9.92.